The molecule has 0 radical (unpaired) electrons. The van der Waals surface area contributed by atoms with E-state index in [0.29, 0.717) is 5.92 Å². The molecular weight excluding hydrogens is 242 g/mol. The van der Waals surface area contributed by atoms with Gasteiger partial charge < -0.3 is 14.7 Å². The van der Waals surface area contributed by atoms with Gasteiger partial charge in [-0.2, -0.15) is 0 Å². The number of amides is 1. The van der Waals surface area contributed by atoms with E-state index in [1.807, 2.05) is 30.3 Å². The minimum atomic E-state index is -0.399. The number of aliphatic hydroxyl groups is 1. The summed E-state index contributed by atoms with van der Waals surface area (Å²) in [5, 5.41) is 9.33. The van der Waals surface area contributed by atoms with E-state index in [9.17, 15) is 9.90 Å². The number of carbonyl (C=O) groups excluding carboxylic acids is 1. The largest absolute Gasteiger partial charge is 0.445 e. The van der Waals surface area contributed by atoms with Crippen LogP contribution in [0.4, 0.5) is 4.79 Å². The van der Waals surface area contributed by atoms with Gasteiger partial charge in [0.2, 0.25) is 0 Å². The van der Waals surface area contributed by atoms with E-state index in [2.05, 4.69) is 13.8 Å². The van der Waals surface area contributed by atoms with E-state index in [4.69, 9.17) is 4.74 Å². The van der Waals surface area contributed by atoms with Gasteiger partial charge in [0.1, 0.15) is 6.61 Å². The molecule has 0 aliphatic heterocycles. The summed E-state index contributed by atoms with van der Waals surface area (Å²) in [5.41, 5.74) is 0.952. The second kappa shape index (κ2) is 7.79. The molecule has 0 spiro atoms. The third-order valence-corrected chi connectivity index (χ3v) is 3.00. The van der Waals surface area contributed by atoms with Crippen molar-refractivity contribution in [1.82, 2.24) is 4.90 Å². The normalized spacial score (nSPS) is 12.3. The molecule has 1 amide bonds. The van der Waals surface area contributed by atoms with Crippen molar-refractivity contribution in [2.24, 2.45) is 5.92 Å². The molecule has 4 nitrogen and oxygen atoms in total. The van der Waals surface area contributed by atoms with E-state index in [0.717, 1.165) is 12.0 Å². The topological polar surface area (TPSA) is 49.8 Å². The van der Waals surface area contributed by atoms with Crippen LogP contribution in [0.3, 0.4) is 0 Å². The molecule has 1 aromatic carbocycles. The summed E-state index contributed by atoms with van der Waals surface area (Å²) in [7, 11) is 1.66. The third kappa shape index (κ3) is 5.30. The summed E-state index contributed by atoms with van der Waals surface area (Å²) in [6.07, 6.45) is 0.358. The number of benzene rings is 1. The van der Waals surface area contributed by atoms with Crippen molar-refractivity contribution in [1.29, 1.82) is 0 Å². The number of ether oxygens (including phenoxy) is 1. The van der Waals surface area contributed by atoms with E-state index in [1.165, 1.54) is 4.90 Å². The minimum absolute atomic E-state index is 0.0465. The van der Waals surface area contributed by atoms with Gasteiger partial charge in [-0.05, 0) is 17.9 Å². The van der Waals surface area contributed by atoms with Gasteiger partial charge in [-0.1, -0.05) is 44.2 Å². The van der Waals surface area contributed by atoms with Gasteiger partial charge in [-0.3, -0.25) is 0 Å². The monoisotopic (exact) mass is 265 g/mol. The summed E-state index contributed by atoms with van der Waals surface area (Å²) in [5.74, 6) is 0.418. The van der Waals surface area contributed by atoms with Crippen molar-refractivity contribution in [2.75, 3.05) is 13.7 Å². The molecule has 0 saturated carbocycles. The molecule has 1 atom stereocenters. The summed E-state index contributed by atoms with van der Waals surface area (Å²) >= 11 is 0. The van der Waals surface area contributed by atoms with Gasteiger partial charge in [-0.15, -0.1) is 0 Å². The van der Waals surface area contributed by atoms with Gasteiger partial charge in [0, 0.05) is 7.05 Å². The van der Waals surface area contributed by atoms with Gasteiger partial charge in [-0.25, -0.2) is 4.79 Å². The molecule has 0 aliphatic rings. The lowest BCUT2D eigenvalue weighted by molar-refractivity contribution is 0.0705. The molecule has 0 unspecified atom stereocenters. The Kier molecular flexibility index (Phi) is 6.36. The fourth-order valence-corrected chi connectivity index (χ4v) is 1.87. The summed E-state index contributed by atoms with van der Waals surface area (Å²) < 4.78 is 5.23. The molecule has 1 rings (SSSR count). The zero-order valence-electron chi connectivity index (χ0n) is 11.9. The van der Waals surface area contributed by atoms with Gasteiger partial charge in [0.05, 0.1) is 12.6 Å². The van der Waals surface area contributed by atoms with Crippen molar-refractivity contribution in [2.45, 2.75) is 32.9 Å². The fraction of sp³-hybridized carbons (Fsp3) is 0.533. The zero-order valence-corrected chi connectivity index (χ0v) is 11.9. The van der Waals surface area contributed by atoms with Crippen LogP contribution in [0.25, 0.3) is 0 Å². The zero-order chi connectivity index (χ0) is 14.3. The van der Waals surface area contributed by atoms with Crippen LogP contribution in [0.5, 0.6) is 0 Å². The highest BCUT2D eigenvalue weighted by Crippen LogP contribution is 2.11. The molecule has 106 valence electrons. The third-order valence-electron chi connectivity index (χ3n) is 3.00. The first-order valence-corrected chi connectivity index (χ1v) is 6.59. The van der Waals surface area contributed by atoms with Crippen molar-refractivity contribution in [3.63, 3.8) is 0 Å². The predicted octanol–water partition coefficient (Wildman–Crippen LogP) is 2.66. The van der Waals surface area contributed by atoms with Crippen LogP contribution in [-0.4, -0.2) is 35.8 Å². The Bertz CT molecular complexity index is 378. The molecule has 0 aliphatic carbocycles. The van der Waals surface area contributed by atoms with Crippen LogP contribution in [-0.2, 0) is 11.3 Å². The van der Waals surface area contributed by atoms with Gasteiger partial charge in [0.25, 0.3) is 0 Å². The smallest absolute Gasteiger partial charge is 0.410 e. The van der Waals surface area contributed by atoms with Crippen molar-refractivity contribution >= 4 is 6.09 Å². The molecule has 1 N–H and O–H groups in total. The minimum Gasteiger partial charge on any atom is -0.445 e. The summed E-state index contributed by atoms with van der Waals surface area (Å²) in [4.78, 5) is 13.4. The number of hydrogen-bond acceptors (Lipinski definition) is 3. The van der Waals surface area contributed by atoms with E-state index in [-0.39, 0.29) is 19.3 Å². The van der Waals surface area contributed by atoms with E-state index >= 15 is 0 Å². The Morgan fingerprint density at radius 1 is 1.32 bits per heavy atom. The average molecular weight is 265 g/mol. The van der Waals surface area contributed by atoms with Crippen LogP contribution in [0, 0.1) is 5.92 Å². The number of carbonyl (C=O) groups is 1. The Hall–Kier alpha value is -1.55. The van der Waals surface area contributed by atoms with Crippen LogP contribution in [0.2, 0.25) is 0 Å². The number of aliphatic hydroxyl groups excluding tert-OH is 1. The molecule has 0 fully saturated rings. The van der Waals surface area contributed by atoms with E-state index < -0.39 is 6.09 Å². The number of likely N-dealkylation sites (N-methyl/N-ethyl adjacent to an activating group) is 1. The number of nitrogens with zero attached hydrogens (tertiary/aromatic N) is 1. The standard InChI is InChI=1S/C15H23NO3/c1-12(2)9-14(10-17)16(3)15(18)19-11-13-7-5-4-6-8-13/h4-8,12,14,17H,9-11H2,1-3H3/t14-/m0/s1. The fourth-order valence-electron chi connectivity index (χ4n) is 1.87. The molecule has 0 aromatic heterocycles. The Morgan fingerprint density at radius 2 is 1.95 bits per heavy atom. The van der Waals surface area contributed by atoms with Crippen LogP contribution in [0.15, 0.2) is 30.3 Å². The van der Waals surface area contributed by atoms with Crippen LogP contribution >= 0.6 is 0 Å². The lowest BCUT2D eigenvalue weighted by Gasteiger charge is -2.27. The predicted molar refractivity (Wildman–Crippen MR) is 74.7 cm³/mol. The number of rotatable bonds is 6. The molecule has 1 aromatic rings. The molecule has 0 bridgehead atoms. The first-order valence-electron chi connectivity index (χ1n) is 6.59. The highest BCUT2D eigenvalue weighted by molar-refractivity contribution is 5.67. The molecular formula is C15H23NO3. The van der Waals surface area contributed by atoms with Gasteiger partial charge >= 0.3 is 6.09 Å². The maximum atomic E-state index is 11.9. The highest BCUT2D eigenvalue weighted by Gasteiger charge is 2.21. The lowest BCUT2D eigenvalue weighted by Crippen LogP contribution is -2.40. The Morgan fingerprint density at radius 3 is 2.47 bits per heavy atom. The summed E-state index contributed by atoms with van der Waals surface area (Å²) in [6.45, 7) is 4.33. The van der Waals surface area contributed by atoms with Crippen molar-refractivity contribution < 1.29 is 14.6 Å². The van der Waals surface area contributed by atoms with Crippen molar-refractivity contribution in [3.8, 4) is 0 Å². The van der Waals surface area contributed by atoms with Crippen LogP contribution in [0.1, 0.15) is 25.8 Å². The first kappa shape index (κ1) is 15.5. The lowest BCUT2D eigenvalue weighted by atomic mass is 10.0. The second-order valence-electron chi connectivity index (χ2n) is 5.12. The highest BCUT2D eigenvalue weighted by atomic mass is 16.6. The molecule has 0 heterocycles. The maximum Gasteiger partial charge on any atom is 0.410 e. The Labute approximate surface area is 115 Å². The quantitative estimate of drug-likeness (QED) is 0.860. The van der Waals surface area contributed by atoms with E-state index in [1.54, 1.807) is 7.05 Å². The molecule has 19 heavy (non-hydrogen) atoms. The second-order valence-corrected chi connectivity index (χ2v) is 5.12. The number of hydrogen-bond donors (Lipinski definition) is 1. The average Bonchev–Trinajstić information content (AvgIpc) is 2.42. The molecule has 0 saturated heterocycles. The summed E-state index contributed by atoms with van der Waals surface area (Å²) in [6, 6.07) is 9.35. The van der Waals surface area contributed by atoms with Crippen LogP contribution < -0.4 is 0 Å². The SMILES string of the molecule is CC(C)C[C@@H](CO)N(C)C(=O)OCc1ccccc1. The Balaban J connectivity index is 2.47. The van der Waals surface area contributed by atoms with Gasteiger partial charge in [0.15, 0.2) is 0 Å². The molecule has 4 heteroatoms. The first-order chi connectivity index (χ1) is 9.04. The maximum absolute atomic E-state index is 11.9. The van der Waals surface area contributed by atoms with Crippen molar-refractivity contribution in [3.05, 3.63) is 35.9 Å².